The van der Waals surface area contributed by atoms with Gasteiger partial charge in [-0.15, -0.1) is 11.3 Å². The summed E-state index contributed by atoms with van der Waals surface area (Å²) >= 11 is 3.99. The first kappa shape index (κ1) is 7.49. The Morgan fingerprint density at radius 3 is 3.09 bits per heavy atom. The van der Waals surface area contributed by atoms with Gasteiger partial charge in [-0.25, -0.2) is 4.98 Å². The standard InChI is InChI=1S/C8H6INS/c1-5-2-3-6-7(4-5)11-8(9)10-6/h2-4H,1H3. The third kappa shape index (κ3) is 1.39. The zero-order valence-electron chi connectivity index (χ0n) is 5.97. The van der Waals surface area contributed by atoms with E-state index in [0.29, 0.717) is 0 Å². The highest BCUT2D eigenvalue weighted by Gasteiger charge is 1.99. The number of benzene rings is 1. The summed E-state index contributed by atoms with van der Waals surface area (Å²) in [6.07, 6.45) is 0. The SMILES string of the molecule is Cc1ccc2nc(I)sc2c1. The fourth-order valence-electron chi connectivity index (χ4n) is 1.00. The molecular weight excluding hydrogens is 269 g/mol. The van der Waals surface area contributed by atoms with Crippen LogP contribution in [0.25, 0.3) is 10.2 Å². The van der Waals surface area contributed by atoms with Crippen LogP contribution in [-0.2, 0) is 0 Å². The third-order valence-electron chi connectivity index (χ3n) is 1.52. The van der Waals surface area contributed by atoms with Crippen LogP contribution in [0, 0.1) is 9.94 Å². The quantitative estimate of drug-likeness (QED) is 0.673. The van der Waals surface area contributed by atoms with Crippen molar-refractivity contribution in [3.63, 3.8) is 0 Å². The predicted molar refractivity (Wildman–Crippen MR) is 57.1 cm³/mol. The molecule has 0 saturated carbocycles. The van der Waals surface area contributed by atoms with Crippen molar-refractivity contribution < 1.29 is 0 Å². The Bertz CT molecular complexity index is 394. The molecule has 0 radical (unpaired) electrons. The Morgan fingerprint density at radius 2 is 2.27 bits per heavy atom. The lowest BCUT2D eigenvalue weighted by Crippen LogP contribution is -1.70. The van der Waals surface area contributed by atoms with Crippen molar-refractivity contribution in [2.45, 2.75) is 6.92 Å². The van der Waals surface area contributed by atoms with E-state index in [1.165, 1.54) is 10.3 Å². The zero-order chi connectivity index (χ0) is 7.84. The van der Waals surface area contributed by atoms with Crippen LogP contribution in [0.2, 0.25) is 0 Å². The molecule has 0 N–H and O–H groups in total. The number of aryl methyl sites for hydroxylation is 1. The van der Waals surface area contributed by atoms with Crippen LogP contribution >= 0.6 is 33.9 Å². The molecular formula is C8H6INS. The predicted octanol–water partition coefficient (Wildman–Crippen LogP) is 3.21. The molecule has 0 bridgehead atoms. The van der Waals surface area contributed by atoms with Gasteiger partial charge in [0.1, 0.15) is 0 Å². The summed E-state index contributed by atoms with van der Waals surface area (Å²) in [5.74, 6) is 0. The molecule has 1 nitrogen and oxygen atoms in total. The number of aromatic nitrogens is 1. The summed E-state index contributed by atoms with van der Waals surface area (Å²) in [6.45, 7) is 2.10. The van der Waals surface area contributed by atoms with Gasteiger partial charge in [0.25, 0.3) is 0 Å². The number of hydrogen-bond acceptors (Lipinski definition) is 2. The van der Waals surface area contributed by atoms with Crippen molar-refractivity contribution in [1.29, 1.82) is 0 Å². The summed E-state index contributed by atoms with van der Waals surface area (Å²) in [6, 6.07) is 6.34. The minimum absolute atomic E-state index is 1.11. The summed E-state index contributed by atoms with van der Waals surface area (Å²) < 4.78 is 2.40. The number of fused-ring (bicyclic) bond motifs is 1. The van der Waals surface area contributed by atoms with E-state index < -0.39 is 0 Å². The van der Waals surface area contributed by atoms with E-state index in [1.54, 1.807) is 11.3 Å². The molecule has 0 unspecified atom stereocenters. The zero-order valence-corrected chi connectivity index (χ0v) is 8.94. The molecule has 0 aliphatic heterocycles. The molecule has 0 aliphatic rings. The first-order chi connectivity index (χ1) is 5.25. The molecule has 2 rings (SSSR count). The molecule has 2 aromatic rings. The lowest BCUT2D eigenvalue weighted by Gasteiger charge is -1.88. The Labute approximate surface area is 82.6 Å². The van der Waals surface area contributed by atoms with Crippen molar-refractivity contribution in [1.82, 2.24) is 4.98 Å². The second-order valence-electron chi connectivity index (χ2n) is 2.44. The molecule has 56 valence electrons. The van der Waals surface area contributed by atoms with E-state index in [2.05, 4.69) is 52.7 Å². The topological polar surface area (TPSA) is 12.9 Å². The van der Waals surface area contributed by atoms with Crippen LogP contribution in [0.5, 0.6) is 0 Å². The van der Waals surface area contributed by atoms with Gasteiger partial charge < -0.3 is 0 Å². The first-order valence-electron chi connectivity index (χ1n) is 3.28. The fourth-order valence-corrected chi connectivity index (χ4v) is 2.76. The Morgan fingerprint density at radius 1 is 1.45 bits per heavy atom. The van der Waals surface area contributed by atoms with Crippen molar-refractivity contribution >= 4 is 44.1 Å². The van der Waals surface area contributed by atoms with Gasteiger partial charge in [-0.1, -0.05) is 6.07 Å². The van der Waals surface area contributed by atoms with Crippen LogP contribution in [0.1, 0.15) is 5.56 Å². The van der Waals surface area contributed by atoms with E-state index in [1.807, 2.05) is 0 Å². The van der Waals surface area contributed by atoms with Crippen molar-refractivity contribution in [3.05, 3.63) is 26.8 Å². The van der Waals surface area contributed by atoms with E-state index in [9.17, 15) is 0 Å². The molecule has 0 spiro atoms. The molecule has 0 atom stereocenters. The van der Waals surface area contributed by atoms with Crippen molar-refractivity contribution in [3.8, 4) is 0 Å². The molecule has 0 aliphatic carbocycles. The molecule has 0 fully saturated rings. The minimum Gasteiger partial charge on any atom is -0.230 e. The first-order valence-corrected chi connectivity index (χ1v) is 5.18. The number of thiazole rings is 1. The molecule has 3 heteroatoms. The highest BCUT2D eigenvalue weighted by molar-refractivity contribution is 14.1. The van der Waals surface area contributed by atoms with Crippen LogP contribution in [0.3, 0.4) is 0 Å². The fraction of sp³-hybridized carbons (Fsp3) is 0.125. The second kappa shape index (κ2) is 2.71. The number of nitrogens with zero attached hydrogens (tertiary/aromatic N) is 1. The van der Waals surface area contributed by atoms with Gasteiger partial charge in [-0.05, 0) is 47.2 Å². The van der Waals surface area contributed by atoms with E-state index in [4.69, 9.17) is 0 Å². The van der Waals surface area contributed by atoms with Crippen LogP contribution in [0.4, 0.5) is 0 Å². The molecule has 1 aromatic carbocycles. The number of rotatable bonds is 0. The monoisotopic (exact) mass is 275 g/mol. The average Bonchev–Trinajstić information content (AvgIpc) is 2.27. The summed E-state index contributed by atoms with van der Waals surface area (Å²) in [5.41, 5.74) is 2.42. The minimum atomic E-state index is 1.11. The van der Waals surface area contributed by atoms with Gasteiger partial charge in [0.05, 0.1) is 10.2 Å². The number of hydrogen-bond donors (Lipinski definition) is 0. The summed E-state index contributed by atoms with van der Waals surface area (Å²) in [7, 11) is 0. The van der Waals surface area contributed by atoms with Gasteiger partial charge in [0.2, 0.25) is 0 Å². The van der Waals surface area contributed by atoms with E-state index in [0.717, 1.165) is 8.53 Å². The molecule has 0 amide bonds. The Hall–Kier alpha value is -0.160. The average molecular weight is 275 g/mol. The second-order valence-corrected chi connectivity index (χ2v) is 5.22. The smallest absolute Gasteiger partial charge is 0.155 e. The maximum Gasteiger partial charge on any atom is 0.155 e. The van der Waals surface area contributed by atoms with Gasteiger partial charge in [0.15, 0.2) is 3.01 Å². The van der Waals surface area contributed by atoms with Gasteiger partial charge in [-0.3, -0.25) is 0 Å². The molecule has 0 saturated heterocycles. The Balaban J connectivity index is 2.82. The van der Waals surface area contributed by atoms with Crippen molar-refractivity contribution in [2.24, 2.45) is 0 Å². The molecule has 11 heavy (non-hydrogen) atoms. The maximum atomic E-state index is 4.36. The number of halogens is 1. The normalized spacial score (nSPS) is 10.7. The molecule has 1 aromatic heterocycles. The highest BCUT2D eigenvalue weighted by Crippen LogP contribution is 2.23. The lowest BCUT2D eigenvalue weighted by molar-refractivity contribution is 1.43. The Kier molecular flexibility index (Phi) is 1.85. The maximum absolute atomic E-state index is 4.36. The van der Waals surface area contributed by atoms with E-state index >= 15 is 0 Å². The third-order valence-corrected chi connectivity index (χ3v) is 3.23. The van der Waals surface area contributed by atoms with Crippen LogP contribution in [0.15, 0.2) is 18.2 Å². The van der Waals surface area contributed by atoms with Crippen LogP contribution < -0.4 is 0 Å². The van der Waals surface area contributed by atoms with Crippen LogP contribution in [-0.4, -0.2) is 4.98 Å². The van der Waals surface area contributed by atoms with Gasteiger partial charge in [-0.2, -0.15) is 0 Å². The largest absolute Gasteiger partial charge is 0.230 e. The van der Waals surface area contributed by atoms with Gasteiger partial charge >= 0.3 is 0 Å². The summed E-state index contributed by atoms with van der Waals surface area (Å²) in [4.78, 5) is 4.36. The lowest BCUT2D eigenvalue weighted by atomic mass is 10.2. The molecule has 1 heterocycles. The summed E-state index contributed by atoms with van der Waals surface area (Å²) in [5, 5.41) is 0. The highest BCUT2D eigenvalue weighted by atomic mass is 127. The van der Waals surface area contributed by atoms with Crippen molar-refractivity contribution in [2.75, 3.05) is 0 Å². The van der Waals surface area contributed by atoms with Gasteiger partial charge in [0, 0.05) is 0 Å². The van der Waals surface area contributed by atoms with E-state index in [-0.39, 0.29) is 0 Å².